The first-order chi connectivity index (χ1) is 7.79. The van der Waals surface area contributed by atoms with Gasteiger partial charge in [0.25, 0.3) is 0 Å². The lowest BCUT2D eigenvalue weighted by molar-refractivity contribution is -0.128. The van der Waals surface area contributed by atoms with Crippen LogP contribution in [0.25, 0.3) is 0 Å². The van der Waals surface area contributed by atoms with E-state index in [4.69, 9.17) is 24.2 Å². The molecule has 0 saturated heterocycles. The Hall–Kier alpha value is -1.19. The van der Waals surface area contributed by atoms with Gasteiger partial charge in [-0.3, -0.25) is 0 Å². The summed E-state index contributed by atoms with van der Waals surface area (Å²) < 4.78 is 20.2. The molecule has 90 valence electrons. The van der Waals surface area contributed by atoms with Gasteiger partial charge in [0, 0.05) is 20.3 Å². The third kappa shape index (κ3) is 6.32. The minimum atomic E-state index is -0.424. The molecular weight excluding hydrogens is 210 g/mol. The minimum Gasteiger partial charge on any atom is -0.359 e. The van der Waals surface area contributed by atoms with Crippen LogP contribution in [0.4, 0.5) is 0 Å². The Bertz CT molecular complexity index is 247. The Morgan fingerprint density at radius 2 is 1.75 bits per heavy atom. The molecule has 0 aromatic carbocycles. The van der Waals surface area contributed by atoms with Crippen molar-refractivity contribution in [2.75, 3.05) is 27.8 Å². The molecule has 0 heterocycles. The highest BCUT2D eigenvalue weighted by molar-refractivity contribution is 5.08. The summed E-state index contributed by atoms with van der Waals surface area (Å²) in [5.41, 5.74) is 0. The van der Waals surface area contributed by atoms with Crippen molar-refractivity contribution in [3.8, 4) is 6.07 Å². The van der Waals surface area contributed by atoms with E-state index in [-0.39, 0.29) is 19.7 Å². The molecule has 0 aliphatic carbocycles. The van der Waals surface area contributed by atoms with Crippen LogP contribution in [0.15, 0.2) is 24.8 Å². The monoisotopic (exact) mass is 227 g/mol. The first-order valence-electron chi connectivity index (χ1n) is 4.70. The number of hydrogen-bond donors (Lipinski definition) is 0. The lowest BCUT2D eigenvalue weighted by Gasteiger charge is -2.21. The van der Waals surface area contributed by atoms with E-state index in [0.717, 1.165) is 0 Å². The van der Waals surface area contributed by atoms with Gasteiger partial charge in [-0.15, -0.1) is 6.58 Å². The highest BCUT2D eigenvalue weighted by Crippen LogP contribution is 2.08. The SMILES string of the molecule is C=C[C@H](OCOC)[C@H](/C=C/C#N)OCOC. The molecule has 5 heteroatoms. The number of hydrogen-bond acceptors (Lipinski definition) is 5. The molecule has 0 aromatic heterocycles. The zero-order valence-corrected chi connectivity index (χ0v) is 9.59. The van der Waals surface area contributed by atoms with Crippen LogP contribution in [0.5, 0.6) is 0 Å². The van der Waals surface area contributed by atoms with Gasteiger partial charge in [0.05, 0.1) is 6.07 Å². The molecule has 16 heavy (non-hydrogen) atoms. The number of rotatable bonds is 9. The molecule has 0 aromatic rings. The second-order valence-electron chi connectivity index (χ2n) is 2.80. The van der Waals surface area contributed by atoms with E-state index in [9.17, 15) is 0 Å². The largest absolute Gasteiger partial charge is 0.359 e. The van der Waals surface area contributed by atoms with Gasteiger partial charge in [-0.05, 0) is 6.08 Å². The van der Waals surface area contributed by atoms with E-state index in [0.29, 0.717) is 0 Å². The van der Waals surface area contributed by atoms with E-state index < -0.39 is 6.10 Å². The Labute approximate surface area is 95.9 Å². The average Bonchev–Trinajstić information content (AvgIpc) is 2.32. The summed E-state index contributed by atoms with van der Waals surface area (Å²) in [5.74, 6) is 0. The fraction of sp³-hybridized carbons (Fsp3) is 0.545. The van der Waals surface area contributed by atoms with Crippen LogP contribution in [0, 0.1) is 11.3 Å². The van der Waals surface area contributed by atoms with Crippen LogP contribution in [0.3, 0.4) is 0 Å². The van der Waals surface area contributed by atoms with Gasteiger partial charge in [-0.1, -0.05) is 6.08 Å². The first kappa shape index (κ1) is 14.8. The van der Waals surface area contributed by atoms with Gasteiger partial charge in [0.1, 0.15) is 25.8 Å². The maximum Gasteiger partial charge on any atom is 0.147 e. The summed E-state index contributed by atoms with van der Waals surface area (Å²) in [6.07, 6.45) is 3.68. The van der Waals surface area contributed by atoms with Gasteiger partial charge < -0.3 is 18.9 Å². The topological polar surface area (TPSA) is 60.7 Å². The summed E-state index contributed by atoms with van der Waals surface area (Å²) in [6.45, 7) is 3.87. The van der Waals surface area contributed by atoms with Crippen LogP contribution in [-0.4, -0.2) is 40.0 Å². The zero-order valence-electron chi connectivity index (χ0n) is 9.59. The molecule has 0 bridgehead atoms. The number of nitrogens with zero attached hydrogens (tertiary/aromatic N) is 1. The average molecular weight is 227 g/mol. The van der Waals surface area contributed by atoms with Crippen LogP contribution in [0.1, 0.15) is 0 Å². The van der Waals surface area contributed by atoms with Gasteiger partial charge in [0.2, 0.25) is 0 Å². The van der Waals surface area contributed by atoms with Gasteiger partial charge in [0.15, 0.2) is 0 Å². The highest BCUT2D eigenvalue weighted by atomic mass is 16.7. The fourth-order valence-corrected chi connectivity index (χ4v) is 0.988. The van der Waals surface area contributed by atoms with Crippen molar-refractivity contribution in [2.45, 2.75) is 12.2 Å². The summed E-state index contributed by atoms with van der Waals surface area (Å²) in [4.78, 5) is 0. The zero-order chi connectivity index (χ0) is 12.2. The molecule has 0 aliphatic heterocycles. The molecule has 0 fully saturated rings. The lowest BCUT2D eigenvalue weighted by Crippen LogP contribution is -2.29. The van der Waals surface area contributed by atoms with Crippen molar-refractivity contribution >= 4 is 0 Å². The molecule has 0 saturated carbocycles. The third-order valence-corrected chi connectivity index (χ3v) is 1.67. The standard InChI is InChI=1S/C11H17NO4/c1-4-10(15-8-13-2)11(6-5-7-12)16-9-14-3/h4-6,10-11H,1,8-9H2,2-3H3/b6-5+/t10-,11-/m0/s1. The van der Waals surface area contributed by atoms with E-state index in [2.05, 4.69) is 6.58 Å². The molecule has 0 unspecified atom stereocenters. The van der Waals surface area contributed by atoms with Crippen molar-refractivity contribution in [2.24, 2.45) is 0 Å². The van der Waals surface area contributed by atoms with Crippen molar-refractivity contribution in [3.05, 3.63) is 24.8 Å². The number of allylic oxidation sites excluding steroid dienone is 1. The van der Waals surface area contributed by atoms with E-state index in [1.54, 1.807) is 12.2 Å². The van der Waals surface area contributed by atoms with Gasteiger partial charge in [-0.25, -0.2) is 0 Å². The molecule has 0 radical (unpaired) electrons. The second-order valence-corrected chi connectivity index (χ2v) is 2.80. The summed E-state index contributed by atoms with van der Waals surface area (Å²) >= 11 is 0. The molecule has 2 atom stereocenters. The Balaban J connectivity index is 4.36. The summed E-state index contributed by atoms with van der Waals surface area (Å²) in [7, 11) is 3.04. The van der Waals surface area contributed by atoms with Crippen molar-refractivity contribution < 1.29 is 18.9 Å². The first-order valence-corrected chi connectivity index (χ1v) is 4.70. The number of methoxy groups -OCH3 is 2. The third-order valence-electron chi connectivity index (χ3n) is 1.67. The van der Waals surface area contributed by atoms with Crippen LogP contribution in [-0.2, 0) is 18.9 Å². The molecule has 0 N–H and O–H groups in total. The van der Waals surface area contributed by atoms with Gasteiger partial charge >= 0.3 is 0 Å². The smallest absolute Gasteiger partial charge is 0.147 e. The fourth-order valence-electron chi connectivity index (χ4n) is 0.988. The van der Waals surface area contributed by atoms with Crippen molar-refractivity contribution in [3.63, 3.8) is 0 Å². The molecule has 0 spiro atoms. The molecule has 5 nitrogen and oxygen atoms in total. The quantitative estimate of drug-likeness (QED) is 0.337. The maximum atomic E-state index is 8.46. The predicted octanol–water partition coefficient (Wildman–Crippen LogP) is 1.23. The van der Waals surface area contributed by atoms with Crippen LogP contribution >= 0.6 is 0 Å². The van der Waals surface area contributed by atoms with Crippen molar-refractivity contribution in [1.29, 1.82) is 5.26 Å². The van der Waals surface area contributed by atoms with E-state index in [1.165, 1.54) is 20.3 Å². The Kier molecular flexibility index (Phi) is 9.56. The molecule has 0 amide bonds. The van der Waals surface area contributed by atoms with E-state index in [1.807, 2.05) is 6.07 Å². The Morgan fingerprint density at radius 3 is 2.19 bits per heavy atom. The lowest BCUT2D eigenvalue weighted by atomic mass is 10.2. The predicted molar refractivity (Wildman–Crippen MR) is 58.4 cm³/mol. The van der Waals surface area contributed by atoms with Crippen LogP contribution in [0.2, 0.25) is 0 Å². The molecule has 0 rings (SSSR count). The van der Waals surface area contributed by atoms with Gasteiger partial charge in [-0.2, -0.15) is 5.26 Å². The van der Waals surface area contributed by atoms with E-state index >= 15 is 0 Å². The second kappa shape index (κ2) is 10.3. The molecule has 0 aliphatic rings. The van der Waals surface area contributed by atoms with Crippen LogP contribution < -0.4 is 0 Å². The summed E-state index contributed by atoms with van der Waals surface area (Å²) in [6, 6.07) is 1.89. The number of ether oxygens (including phenoxy) is 4. The minimum absolute atomic E-state index is 0.112. The number of nitriles is 1. The van der Waals surface area contributed by atoms with Crippen molar-refractivity contribution in [1.82, 2.24) is 0 Å². The molecular formula is C11H17NO4. The highest BCUT2D eigenvalue weighted by Gasteiger charge is 2.17. The maximum absolute atomic E-state index is 8.46. The summed E-state index contributed by atoms with van der Waals surface area (Å²) in [5, 5.41) is 8.46. The normalized spacial score (nSPS) is 14.6. The Morgan fingerprint density at radius 1 is 1.19 bits per heavy atom.